The lowest BCUT2D eigenvalue weighted by Crippen LogP contribution is -2.50. The van der Waals surface area contributed by atoms with Gasteiger partial charge in [0.05, 0.1) is 30.5 Å². The lowest BCUT2D eigenvalue weighted by molar-refractivity contribution is -0.121. The molecule has 14 nitrogen and oxygen atoms in total. The number of fused-ring (bicyclic) bond motifs is 4. The SMILES string of the molecule is O=C1CCN(c2cnccc2CN2C[C@H]3C[C@@H]2CN3c2ccc(-c3cc(F)c4c(c3)C(=O)N(C(C(=O)Nc3nccs3)c3ncn5c3CCC5)C4)cc2)C(=O)N1. The van der Waals surface area contributed by atoms with Gasteiger partial charge in [-0.25, -0.2) is 19.2 Å². The number of halogens is 1. The number of urea groups is 1. The van der Waals surface area contributed by atoms with Gasteiger partial charge in [0.1, 0.15) is 5.82 Å². The number of imidazole rings is 1. The molecule has 3 saturated heterocycles. The molecule has 2 bridgehead atoms. The highest BCUT2D eigenvalue weighted by Gasteiger charge is 2.44. The highest BCUT2D eigenvalue weighted by Crippen LogP contribution is 2.40. The molecule has 10 rings (SSSR count). The normalized spacial score (nSPS) is 20.8. The summed E-state index contributed by atoms with van der Waals surface area (Å²) in [5, 5.41) is 7.42. The van der Waals surface area contributed by atoms with E-state index in [-0.39, 0.29) is 30.0 Å². The number of rotatable bonds is 9. The minimum Gasteiger partial charge on any atom is -0.366 e. The number of anilines is 3. The average molecular weight is 773 g/mol. The van der Waals surface area contributed by atoms with Gasteiger partial charge >= 0.3 is 6.03 Å². The number of aromatic nitrogens is 4. The van der Waals surface area contributed by atoms with Crippen molar-refractivity contribution in [2.24, 2.45) is 0 Å². The zero-order valence-corrected chi connectivity index (χ0v) is 31.0. The topological polar surface area (TPSA) is 149 Å². The molecule has 0 radical (unpaired) electrons. The smallest absolute Gasteiger partial charge is 0.328 e. The molecule has 5 amide bonds. The molecule has 5 aliphatic rings. The van der Waals surface area contributed by atoms with Crippen LogP contribution < -0.4 is 20.4 Å². The highest BCUT2D eigenvalue weighted by molar-refractivity contribution is 7.13. The van der Waals surface area contributed by atoms with E-state index < -0.39 is 29.7 Å². The first-order chi connectivity index (χ1) is 27.3. The quantitative estimate of drug-likeness (QED) is 0.217. The molecule has 2 N–H and O–H groups in total. The number of imide groups is 1. The Morgan fingerprint density at radius 1 is 1.00 bits per heavy atom. The van der Waals surface area contributed by atoms with Gasteiger partial charge in [-0.15, -0.1) is 11.3 Å². The molecule has 2 aromatic carbocycles. The first-order valence-corrected chi connectivity index (χ1v) is 19.7. The molecule has 0 saturated carbocycles. The number of amides is 5. The summed E-state index contributed by atoms with van der Waals surface area (Å²) < 4.78 is 18.0. The Hall–Kier alpha value is -6.00. The van der Waals surface area contributed by atoms with Crippen molar-refractivity contribution in [3.8, 4) is 11.1 Å². The van der Waals surface area contributed by atoms with E-state index in [2.05, 4.69) is 47.5 Å². The molecule has 5 aromatic rings. The Bertz CT molecular complexity index is 2400. The van der Waals surface area contributed by atoms with Crippen LogP contribution in [0.5, 0.6) is 0 Å². The maximum Gasteiger partial charge on any atom is 0.328 e. The molecular weight excluding hydrogens is 736 g/mol. The minimum atomic E-state index is -1.04. The van der Waals surface area contributed by atoms with E-state index in [0.29, 0.717) is 41.6 Å². The molecule has 56 heavy (non-hydrogen) atoms. The van der Waals surface area contributed by atoms with Crippen molar-refractivity contribution in [1.29, 1.82) is 0 Å². The summed E-state index contributed by atoms with van der Waals surface area (Å²) in [5.41, 5.74) is 6.11. The number of likely N-dealkylation sites (tertiary alicyclic amines) is 1. The van der Waals surface area contributed by atoms with Gasteiger partial charge in [0.25, 0.3) is 11.8 Å². The average Bonchev–Trinajstić information content (AvgIpc) is 4.06. The second-order valence-electron chi connectivity index (χ2n) is 15.0. The number of aryl methyl sites for hydroxylation is 1. The summed E-state index contributed by atoms with van der Waals surface area (Å²) in [6, 6.07) is 12.4. The van der Waals surface area contributed by atoms with Crippen LogP contribution in [-0.2, 0) is 35.6 Å². The van der Waals surface area contributed by atoms with Gasteiger partial charge in [-0.05, 0) is 66.3 Å². The van der Waals surface area contributed by atoms with Gasteiger partial charge in [-0.3, -0.25) is 39.8 Å². The van der Waals surface area contributed by atoms with Crippen LogP contribution in [0.4, 0.5) is 25.7 Å². The van der Waals surface area contributed by atoms with Gasteiger partial charge < -0.3 is 14.4 Å². The number of pyridine rings is 1. The van der Waals surface area contributed by atoms with Crippen molar-refractivity contribution < 1.29 is 23.6 Å². The Labute approximate surface area is 325 Å². The summed E-state index contributed by atoms with van der Waals surface area (Å²) in [6.07, 6.45) is 9.67. The molecule has 3 fully saturated rings. The predicted octanol–water partition coefficient (Wildman–Crippen LogP) is 4.73. The highest BCUT2D eigenvalue weighted by atomic mass is 32.1. The van der Waals surface area contributed by atoms with Gasteiger partial charge in [0.2, 0.25) is 5.91 Å². The van der Waals surface area contributed by atoms with Gasteiger partial charge in [0.15, 0.2) is 11.2 Å². The van der Waals surface area contributed by atoms with Gasteiger partial charge in [-0.1, -0.05) is 12.1 Å². The number of carbonyl (C=O) groups is 4. The number of thiazole rings is 1. The van der Waals surface area contributed by atoms with Crippen LogP contribution in [0.1, 0.15) is 58.2 Å². The van der Waals surface area contributed by atoms with Crippen molar-refractivity contribution in [3.05, 3.63) is 107 Å². The van der Waals surface area contributed by atoms with Crippen molar-refractivity contribution >= 4 is 51.6 Å². The van der Waals surface area contributed by atoms with Crippen molar-refractivity contribution in [3.63, 3.8) is 0 Å². The molecule has 8 heterocycles. The Kier molecular flexibility index (Phi) is 8.40. The van der Waals surface area contributed by atoms with E-state index in [4.69, 9.17) is 0 Å². The van der Waals surface area contributed by atoms with E-state index in [9.17, 15) is 19.2 Å². The molecule has 3 atom stereocenters. The third-order valence-electron chi connectivity index (χ3n) is 11.8. The predicted molar refractivity (Wildman–Crippen MR) is 205 cm³/mol. The van der Waals surface area contributed by atoms with Crippen molar-refractivity contribution in [1.82, 2.24) is 34.6 Å². The Balaban J connectivity index is 0.845. The second-order valence-corrected chi connectivity index (χ2v) is 15.8. The Morgan fingerprint density at radius 3 is 2.66 bits per heavy atom. The first kappa shape index (κ1) is 34.5. The van der Waals surface area contributed by atoms with Crippen LogP contribution in [0, 0.1) is 5.82 Å². The number of hydrogen-bond acceptors (Lipinski definition) is 10. The monoisotopic (exact) mass is 772 g/mol. The maximum atomic E-state index is 15.9. The van der Waals surface area contributed by atoms with Crippen LogP contribution in [0.3, 0.4) is 0 Å². The molecule has 0 spiro atoms. The standard InChI is InChI=1S/C40H37FN10O4S/c41-31-15-25(14-29-30(31)21-51(38(29)54)36(37(53)46-39-43-10-13-56-39)35-32-2-1-11-47(32)22-44-35)23-3-5-26(6-4-23)50-20-27-16-28(50)19-48(27)18-24-7-9-42-17-33(24)49-12-8-34(52)45-40(49)55/h3-7,9-10,13-15,17,22,27-28,36H,1-2,8,11-12,16,18-21H2,(H,43,46,53)(H,45,52,55)/t27-,28-,36?/m1/s1. The summed E-state index contributed by atoms with van der Waals surface area (Å²) in [5.74, 6) is -1.61. The van der Waals surface area contributed by atoms with Crippen molar-refractivity contribution in [2.45, 2.75) is 63.4 Å². The van der Waals surface area contributed by atoms with E-state index in [1.807, 2.05) is 22.8 Å². The molecule has 1 unspecified atom stereocenters. The largest absolute Gasteiger partial charge is 0.366 e. The van der Waals surface area contributed by atoms with E-state index >= 15 is 4.39 Å². The Morgan fingerprint density at radius 2 is 1.88 bits per heavy atom. The molecule has 16 heteroatoms. The zero-order chi connectivity index (χ0) is 38.1. The third kappa shape index (κ3) is 5.91. The van der Waals surface area contributed by atoms with E-state index in [1.165, 1.54) is 22.3 Å². The summed E-state index contributed by atoms with van der Waals surface area (Å²) in [4.78, 5) is 73.2. The summed E-state index contributed by atoms with van der Waals surface area (Å²) >= 11 is 1.28. The van der Waals surface area contributed by atoms with E-state index in [0.717, 1.165) is 67.1 Å². The van der Waals surface area contributed by atoms with Crippen LogP contribution >= 0.6 is 11.3 Å². The third-order valence-corrected chi connectivity index (χ3v) is 12.5. The second kappa shape index (κ2) is 13.6. The fourth-order valence-electron chi connectivity index (χ4n) is 9.07. The molecule has 5 aliphatic heterocycles. The number of nitrogens with zero attached hydrogens (tertiary/aromatic N) is 8. The fourth-order valence-corrected chi connectivity index (χ4v) is 9.61. The maximum absolute atomic E-state index is 15.9. The van der Waals surface area contributed by atoms with Crippen molar-refractivity contribution in [2.75, 3.05) is 34.8 Å². The number of carbonyl (C=O) groups excluding carboxylic acids is 4. The van der Waals surface area contributed by atoms with Gasteiger partial charge in [0, 0.05) is 91.5 Å². The fraction of sp³-hybridized carbons (Fsp3) is 0.325. The molecule has 0 aliphatic carbocycles. The molecule has 3 aromatic heterocycles. The first-order valence-electron chi connectivity index (χ1n) is 18.8. The zero-order valence-electron chi connectivity index (χ0n) is 30.2. The lowest BCUT2D eigenvalue weighted by Gasteiger charge is -2.36. The van der Waals surface area contributed by atoms with E-state index in [1.54, 1.807) is 41.3 Å². The molecule has 284 valence electrons. The number of hydrogen-bond donors (Lipinski definition) is 2. The van der Waals surface area contributed by atoms with Crippen LogP contribution in [0.2, 0.25) is 0 Å². The van der Waals surface area contributed by atoms with Crippen LogP contribution in [-0.4, -0.2) is 84.8 Å². The summed E-state index contributed by atoms with van der Waals surface area (Å²) in [6.45, 7) is 3.45. The molecular formula is C40H37FN10O4S. The number of piperazine rings is 1. The lowest BCUT2D eigenvalue weighted by atomic mass is 9.99. The summed E-state index contributed by atoms with van der Waals surface area (Å²) in [7, 11) is 0. The van der Waals surface area contributed by atoms with Crippen LogP contribution in [0.15, 0.2) is 72.8 Å². The van der Waals surface area contributed by atoms with Crippen LogP contribution in [0.25, 0.3) is 11.1 Å². The minimum absolute atomic E-state index is 0.0485. The number of benzene rings is 2. The number of nitrogens with one attached hydrogen (secondary N) is 2. The van der Waals surface area contributed by atoms with Gasteiger partial charge in [-0.2, -0.15) is 0 Å².